The average Bonchev–Trinajstić information content (AvgIpc) is 2.74. The van der Waals surface area contributed by atoms with Crippen molar-refractivity contribution in [1.82, 2.24) is 10.6 Å². The van der Waals surface area contributed by atoms with Crippen LogP contribution in [0.4, 0.5) is 0 Å². The summed E-state index contributed by atoms with van der Waals surface area (Å²) in [5.74, 6) is 0. The lowest BCUT2D eigenvalue weighted by Crippen LogP contribution is -2.47. The van der Waals surface area contributed by atoms with E-state index in [2.05, 4.69) is 40.3 Å². The lowest BCUT2D eigenvalue weighted by Gasteiger charge is -2.27. The first-order valence-electron chi connectivity index (χ1n) is 5.41. The van der Waals surface area contributed by atoms with Gasteiger partial charge in [-0.3, -0.25) is 5.32 Å². The Labute approximate surface area is 104 Å². The maximum atomic E-state index is 5.99. The molecule has 1 aliphatic heterocycles. The summed E-state index contributed by atoms with van der Waals surface area (Å²) in [5.41, 5.74) is 1.44. The predicted octanol–water partition coefficient (Wildman–Crippen LogP) is 2.70. The van der Waals surface area contributed by atoms with Crippen molar-refractivity contribution in [3.63, 3.8) is 0 Å². The zero-order chi connectivity index (χ0) is 11.0. The first-order valence-corrected chi connectivity index (χ1v) is 6.73. The highest BCUT2D eigenvalue weighted by Gasteiger charge is 2.21. The molecule has 0 bridgehead atoms. The maximum Gasteiger partial charge on any atom is 0.0952 e. The van der Waals surface area contributed by atoms with Gasteiger partial charge in [0.05, 0.1) is 5.50 Å². The molecule has 1 aromatic heterocycles. The van der Waals surface area contributed by atoms with Crippen LogP contribution in [0.5, 0.6) is 0 Å². The van der Waals surface area contributed by atoms with Crippen LogP contribution in [0, 0.1) is 0 Å². The molecule has 1 saturated heterocycles. The van der Waals surface area contributed by atoms with Crippen molar-refractivity contribution in [2.45, 2.75) is 11.5 Å². The molecule has 16 heavy (non-hydrogen) atoms. The second-order valence-electron chi connectivity index (χ2n) is 4.02. The monoisotopic (exact) mass is 252 g/mol. The number of hydrogen-bond donors (Lipinski definition) is 2. The molecule has 0 spiro atoms. The van der Waals surface area contributed by atoms with Gasteiger partial charge in [-0.15, -0.1) is 22.9 Å². The molecule has 4 heteroatoms. The number of halogens is 1. The van der Waals surface area contributed by atoms with E-state index in [1.165, 1.54) is 15.6 Å². The maximum absolute atomic E-state index is 5.99. The van der Waals surface area contributed by atoms with Gasteiger partial charge in [-0.05, 0) is 22.4 Å². The number of fused-ring (bicyclic) bond motifs is 1. The molecule has 1 fully saturated rings. The summed E-state index contributed by atoms with van der Waals surface area (Å²) in [6.07, 6.45) is 0. The van der Waals surface area contributed by atoms with Gasteiger partial charge in [0.15, 0.2) is 0 Å². The molecule has 2 atom stereocenters. The molecule has 0 aliphatic carbocycles. The van der Waals surface area contributed by atoms with Crippen LogP contribution in [0.2, 0.25) is 0 Å². The summed E-state index contributed by atoms with van der Waals surface area (Å²) >= 11 is 7.80. The van der Waals surface area contributed by atoms with Crippen molar-refractivity contribution < 1.29 is 0 Å². The van der Waals surface area contributed by atoms with Crippen LogP contribution in [0.1, 0.15) is 11.6 Å². The molecular weight excluding hydrogens is 240 g/mol. The fourth-order valence-corrected chi connectivity index (χ4v) is 3.32. The highest BCUT2D eigenvalue weighted by molar-refractivity contribution is 7.17. The number of thiophene rings is 1. The lowest BCUT2D eigenvalue weighted by atomic mass is 10.0. The average molecular weight is 253 g/mol. The van der Waals surface area contributed by atoms with Gasteiger partial charge >= 0.3 is 0 Å². The number of alkyl halides is 1. The van der Waals surface area contributed by atoms with Crippen LogP contribution in [0.25, 0.3) is 10.1 Å². The van der Waals surface area contributed by atoms with E-state index in [1.54, 1.807) is 0 Å². The SMILES string of the molecule is ClC1CNC(c2csc3ccccc23)CN1. The van der Waals surface area contributed by atoms with Crippen LogP contribution in [-0.2, 0) is 0 Å². The van der Waals surface area contributed by atoms with E-state index in [1.807, 2.05) is 11.3 Å². The standard InChI is InChI=1S/C12H13ClN2S/c13-12-6-14-10(5-15-12)9-7-16-11-4-2-1-3-8(9)11/h1-4,7,10,12,14-15H,5-6H2. The van der Waals surface area contributed by atoms with Crippen LogP contribution < -0.4 is 10.6 Å². The van der Waals surface area contributed by atoms with E-state index >= 15 is 0 Å². The Kier molecular flexibility index (Phi) is 2.86. The first-order chi connectivity index (χ1) is 7.84. The van der Waals surface area contributed by atoms with Gasteiger partial charge in [-0.25, -0.2) is 0 Å². The molecule has 1 aliphatic rings. The second kappa shape index (κ2) is 4.34. The summed E-state index contributed by atoms with van der Waals surface area (Å²) in [7, 11) is 0. The lowest BCUT2D eigenvalue weighted by molar-refractivity contribution is 0.410. The summed E-state index contributed by atoms with van der Waals surface area (Å²) in [4.78, 5) is 0. The van der Waals surface area contributed by atoms with E-state index in [0.717, 1.165) is 13.1 Å². The zero-order valence-electron chi connectivity index (χ0n) is 8.74. The molecule has 2 heterocycles. The van der Waals surface area contributed by atoms with Crippen molar-refractivity contribution in [3.8, 4) is 0 Å². The van der Waals surface area contributed by atoms with Crippen molar-refractivity contribution in [2.24, 2.45) is 0 Å². The van der Waals surface area contributed by atoms with Crippen molar-refractivity contribution in [3.05, 3.63) is 35.2 Å². The molecular formula is C12H13ClN2S. The van der Waals surface area contributed by atoms with Crippen molar-refractivity contribution in [1.29, 1.82) is 0 Å². The molecule has 1 aromatic carbocycles. The summed E-state index contributed by atoms with van der Waals surface area (Å²) < 4.78 is 1.35. The largest absolute Gasteiger partial charge is 0.306 e. The first kappa shape index (κ1) is 10.5. The Morgan fingerprint density at radius 2 is 2.06 bits per heavy atom. The molecule has 0 amide bonds. The Balaban J connectivity index is 1.94. The minimum atomic E-state index is 0.0566. The predicted molar refractivity (Wildman–Crippen MR) is 70.2 cm³/mol. The third-order valence-corrected chi connectivity index (χ3v) is 4.26. The summed E-state index contributed by atoms with van der Waals surface area (Å²) in [5, 5.41) is 10.4. The smallest absolute Gasteiger partial charge is 0.0952 e. The third-order valence-electron chi connectivity index (χ3n) is 2.97. The topological polar surface area (TPSA) is 24.1 Å². The molecule has 84 valence electrons. The van der Waals surface area contributed by atoms with Gasteiger partial charge < -0.3 is 5.32 Å². The van der Waals surface area contributed by atoms with E-state index < -0.39 is 0 Å². The fourth-order valence-electron chi connectivity index (χ4n) is 2.12. The van der Waals surface area contributed by atoms with E-state index in [-0.39, 0.29) is 5.50 Å². The quantitative estimate of drug-likeness (QED) is 0.602. The van der Waals surface area contributed by atoms with Gasteiger partial charge in [0.2, 0.25) is 0 Å². The minimum absolute atomic E-state index is 0.0566. The third kappa shape index (κ3) is 1.84. The molecule has 2 N–H and O–H groups in total. The van der Waals surface area contributed by atoms with E-state index in [0.29, 0.717) is 6.04 Å². The van der Waals surface area contributed by atoms with Gasteiger partial charge in [0.1, 0.15) is 0 Å². The van der Waals surface area contributed by atoms with E-state index in [4.69, 9.17) is 11.6 Å². The van der Waals surface area contributed by atoms with Gasteiger partial charge in [-0.1, -0.05) is 18.2 Å². The van der Waals surface area contributed by atoms with E-state index in [9.17, 15) is 0 Å². The van der Waals surface area contributed by atoms with Crippen LogP contribution in [0.15, 0.2) is 29.6 Å². The molecule has 2 aromatic rings. The molecule has 3 rings (SSSR count). The molecule has 2 nitrogen and oxygen atoms in total. The Hall–Kier alpha value is -0.610. The van der Waals surface area contributed by atoms with Crippen molar-refractivity contribution >= 4 is 33.0 Å². The van der Waals surface area contributed by atoms with Crippen molar-refractivity contribution in [2.75, 3.05) is 13.1 Å². The molecule has 2 unspecified atom stereocenters. The second-order valence-corrected chi connectivity index (χ2v) is 5.46. The summed E-state index contributed by atoms with van der Waals surface area (Å²) in [6, 6.07) is 8.93. The van der Waals surface area contributed by atoms with Gasteiger partial charge in [0.25, 0.3) is 0 Å². The molecule has 0 saturated carbocycles. The number of piperazine rings is 1. The van der Waals surface area contributed by atoms with Gasteiger partial charge in [0, 0.05) is 23.8 Å². The number of nitrogens with one attached hydrogen (secondary N) is 2. The Morgan fingerprint density at radius 1 is 1.19 bits per heavy atom. The Bertz CT molecular complexity index is 488. The zero-order valence-corrected chi connectivity index (χ0v) is 10.3. The highest BCUT2D eigenvalue weighted by Crippen LogP contribution is 2.30. The normalized spacial score (nSPS) is 26.1. The Morgan fingerprint density at radius 3 is 2.88 bits per heavy atom. The molecule has 0 radical (unpaired) electrons. The number of hydrogen-bond acceptors (Lipinski definition) is 3. The minimum Gasteiger partial charge on any atom is -0.306 e. The fraction of sp³-hybridized carbons (Fsp3) is 0.333. The summed E-state index contributed by atoms with van der Waals surface area (Å²) in [6.45, 7) is 1.71. The highest BCUT2D eigenvalue weighted by atomic mass is 35.5. The van der Waals surface area contributed by atoms with Crippen LogP contribution >= 0.6 is 22.9 Å². The number of rotatable bonds is 1. The van der Waals surface area contributed by atoms with Crippen LogP contribution in [-0.4, -0.2) is 18.6 Å². The van der Waals surface area contributed by atoms with Crippen LogP contribution in [0.3, 0.4) is 0 Å². The number of benzene rings is 1. The van der Waals surface area contributed by atoms with Gasteiger partial charge in [-0.2, -0.15) is 0 Å².